The van der Waals surface area contributed by atoms with Crippen molar-refractivity contribution in [3.05, 3.63) is 57.8 Å². The van der Waals surface area contributed by atoms with Crippen molar-refractivity contribution >= 4 is 27.5 Å². The van der Waals surface area contributed by atoms with Gasteiger partial charge in [0.2, 0.25) is 5.91 Å². The summed E-state index contributed by atoms with van der Waals surface area (Å²) in [6.07, 6.45) is 1.12. The number of amides is 1. The summed E-state index contributed by atoms with van der Waals surface area (Å²) < 4.78 is 43.7. The summed E-state index contributed by atoms with van der Waals surface area (Å²) in [5.74, 6) is -0.855. The topological polar surface area (TPSA) is 65.4 Å². The molecule has 2 aromatic carbocycles. The van der Waals surface area contributed by atoms with Crippen LogP contribution in [0.1, 0.15) is 24.0 Å². The number of hydrogen-bond acceptors (Lipinski definition) is 4. The van der Waals surface area contributed by atoms with E-state index in [1.165, 1.54) is 18.2 Å². The molecule has 1 N–H and O–H groups in total. The van der Waals surface area contributed by atoms with Gasteiger partial charge in [0.1, 0.15) is 17.6 Å². The molecule has 0 aliphatic carbocycles. The SMILES string of the molecule is N#Cc1cc(F)ccc1N1CCC(C(=O)NCc2cc(Br)ccc2OC(F)F)CC1. The van der Waals surface area contributed by atoms with Gasteiger partial charge in [-0.15, -0.1) is 0 Å². The molecule has 0 aromatic heterocycles. The normalized spacial score (nSPS) is 14.5. The zero-order valence-corrected chi connectivity index (χ0v) is 17.5. The van der Waals surface area contributed by atoms with Gasteiger partial charge in [-0.2, -0.15) is 14.0 Å². The molecule has 1 aliphatic heterocycles. The zero-order valence-electron chi connectivity index (χ0n) is 15.9. The van der Waals surface area contributed by atoms with E-state index in [1.54, 1.807) is 18.2 Å². The number of hydrogen-bond donors (Lipinski definition) is 1. The fraction of sp³-hybridized carbons (Fsp3) is 0.333. The lowest BCUT2D eigenvalue weighted by Gasteiger charge is -2.33. The van der Waals surface area contributed by atoms with Crippen molar-refractivity contribution in [2.24, 2.45) is 5.92 Å². The molecule has 1 heterocycles. The molecule has 30 heavy (non-hydrogen) atoms. The van der Waals surface area contributed by atoms with Crippen LogP contribution in [0.3, 0.4) is 0 Å². The van der Waals surface area contributed by atoms with Gasteiger partial charge in [0.05, 0.1) is 11.3 Å². The number of nitrogens with one attached hydrogen (secondary N) is 1. The van der Waals surface area contributed by atoms with Crippen LogP contribution < -0.4 is 15.0 Å². The van der Waals surface area contributed by atoms with E-state index in [4.69, 9.17) is 0 Å². The zero-order chi connectivity index (χ0) is 21.7. The fourth-order valence-corrected chi connectivity index (χ4v) is 3.89. The van der Waals surface area contributed by atoms with E-state index in [-0.39, 0.29) is 29.7 Å². The van der Waals surface area contributed by atoms with Gasteiger partial charge < -0.3 is 15.0 Å². The van der Waals surface area contributed by atoms with Gasteiger partial charge in [0.15, 0.2) is 0 Å². The van der Waals surface area contributed by atoms with Crippen LogP contribution in [0.15, 0.2) is 40.9 Å². The first kappa shape index (κ1) is 22.0. The van der Waals surface area contributed by atoms with E-state index in [9.17, 15) is 23.2 Å². The second-order valence-electron chi connectivity index (χ2n) is 6.88. The molecule has 1 saturated heterocycles. The van der Waals surface area contributed by atoms with Crippen LogP contribution in [0.4, 0.5) is 18.9 Å². The van der Waals surface area contributed by atoms with Crippen molar-refractivity contribution in [3.63, 3.8) is 0 Å². The first-order valence-electron chi connectivity index (χ1n) is 9.33. The number of carbonyl (C=O) groups excluding carboxylic acids is 1. The van der Waals surface area contributed by atoms with Crippen LogP contribution in [0.2, 0.25) is 0 Å². The predicted molar refractivity (Wildman–Crippen MR) is 109 cm³/mol. The molecular formula is C21H19BrF3N3O2. The highest BCUT2D eigenvalue weighted by atomic mass is 79.9. The minimum Gasteiger partial charge on any atom is -0.434 e. The molecule has 0 unspecified atom stereocenters. The highest BCUT2D eigenvalue weighted by molar-refractivity contribution is 9.10. The number of anilines is 1. The van der Waals surface area contributed by atoms with Crippen molar-refractivity contribution in [1.29, 1.82) is 5.26 Å². The Morgan fingerprint density at radius 1 is 1.27 bits per heavy atom. The lowest BCUT2D eigenvalue weighted by Crippen LogP contribution is -2.40. The van der Waals surface area contributed by atoms with E-state index in [0.29, 0.717) is 41.7 Å². The third-order valence-corrected chi connectivity index (χ3v) is 5.47. The Kier molecular flexibility index (Phi) is 7.21. The fourth-order valence-electron chi connectivity index (χ4n) is 3.48. The number of ether oxygens (including phenoxy) is 1. The Morgan fingerprint density at radius 2 is 2.00 bits per heavy atom. The third-order valence-electron chi connectivity index (χ3n) is 4.98. The van der Waals surface area contributed by atoms with E-state index in [0.717, 1.165) is 0 Å². The van der Waals surface area contributed by atoms with Gasteiger partial charge in [-0.3, -0.25) is 4.79 Å². The second-order valence-corrected chi connectivity index (χ2v) is 7.80. The lowest BCUT2D eigenvalue weighted by molar-refractivity contribution is -0.125. The van der Waals surface area contributed by atoms with Gasteiger partial charge in [0.25, 0.3) is 0 Å². The van der Waals surface area contributed by atoms with Crippen molar-refractivity contribution in [2.75, 3.05) is 18.0 Å². The molecule has 1 aliphatic rings. The van der Waals surface area contributed by atoms with Crippen LogP contribution in [-0.2, 0) is 11.3 Å². The molecule has 9 heteroatoms. The average molecular weight is 482 g/mol. The maximum absolute atomic E-state index is 13.3. The average Bonchev–Trinajstić information content (AvgIpc) is 2.73. The number of rotatable bonds is 6. The standard InChI is InChI=1S/C21H19BrF3N3O2/c22-16-1-4-19(30-21(24)25)15(9-16)12-27-20(29)13-5-7-28(8-6-13)18-3-2-17(23)10-14(18)11-26/h1-4,9-10,13,21H,5-8,12H2,(H,27,29). The third kappa shape index (κ3) is 5.45. The molecule has 2 aromatic rings. The number of carbonyl (C=O) groups is 1. The summed E-state index contributed by atoms with van der Waals surface area (Å²) >= 11 is 3.28. The number of alkyl halides is 2. The Hall–Kier alpha value is -2.73. The smallest absolute Gasteiger partial charge is 0.387 e. The minimum atomic E-state index is -2.95. The molecule has 0 radical (unpaired) electrons. The second kappa shape index (κ2) is 9.85. The van der Waals surface area contributed by atoms with Crippen molar-refractivity contribution in [3.8, 4) is 11.8 Å². The van der Waals surface area contributed by atoms with Crippen LogP contribution >= 0.6 is 15.9 Å². The Labute approximate surface area is 180 Å². The first-order valence-corrected chi connectivity index (χ1v) is 10.1. The van der Waals surface area contributed by atoms with Crippen LogP contribution in [0.5, 0.6) is 5.75 Å². The van der Waals surface area contributed by atoms with Crippen molar-refractivity contribution < 1.29 is 22.7 Å². The maximum Gasteiger partial charge on any atom is 0.387 e. The van der Waals surface area contributed by atoms with E-state index in [1.807, 2.05) is 11.0 Å². The van der Waals surface area contributed by atoms with E-state index < -0.39 is 12.4 Å². The molecule has 0 bridgehead atoms. The van der Waals surface area contributed by atoms with Gasteiger partial charge in [-0.25, -0.2) is 4.39 Å². The monoisotopic (exact) mass is 481 g/mol. The minimum absolute atomic E-state index is 0.0173. The Morgan fingerprint density at radius 3 is 2.67 bits per heavy atom. The summed E-state index contributed by atoms with van der Waals surface area (Å²) in [6.45, 7) is -1.78. The highest BCUT2D eigenvalue weighted by Crippen LogP contribution is 2.28. The predicted octanol–water partition coefficient (Wildman–Crippen LogP) is 4.59. The Balaban J connectivity index is 1.58. The molecule has 0 saturated carbocycles. The number of nitrogens with zero attached hydrogens (tertiary/aromatic N) is 2. The van der Waals surface area contributed by atoms with Crippen LogP contribution in [0, 0.1) is 23.1 Å². The molecular weight excluding hydrogens is 463 g/mol. The lowest BCUT2D eigenvalue weighted by atomic mass is 9.95. The molecule has 0 atom stereocenters. The molecule has 3 rings (SSSR count). The van der Waals surface area contributed by atoms with Crippen LogP contribution in [0.25, 0.3) is 0 Å². The maximum atomic E-state index is 13.3. The molecule has 1 amide bonds. The molecule has 5 nitrogen and oxygen atoms in total. The van der Waals surface area contributed by atoms with Gasteiger partial charge in [-0.1, -0.05) is 15.9 Å². The summed E-state index contributed by atoms with van der Waals surface area (Å²) in [5.41, 5.74) is 1.36. The van der Waals surface area contributed by atoms with Crippen molar-refractivity contribution in [2.45, 2.75) is 26.0 Å². The molecule has 158 valence electrons. The van der Waals surface area contributed by atoms with E-state index in [2.05, 4.69) is 26.0 Å². The summed E-state index contributed by atoms with van der Waals surface area (Å²) in [6, 6.07) is 10.7. The largest absolute Gasteiger partial charge is 0.434 e. The van der Waals surface area contributed by atoms with Gasteiger partial charge in [-0.05, 0) is 49.2 Å². The number of halogens is 4. The van der Waals surface area contributed by atoms with Gasteiger partial charge >= 0.3 is 6.61 Å². The number of benzene rings is 2. The molecule has 0 spiro atoms. The highest BCUT2D eigenvalue weighted by Gasteiger charge is 2.26. The van der Waals surface area contributed by atoms with Crippen LogP contribution in [-0.4, -0.2) is 25.6 Å². The van der Waals surface area contributed by atoms with Gasteiger partial charge in [0, 0.05) is 35.6 Å². The number of piperidine rings is 1. The first-order chi connectivity index (χ1) is 14.4. The Bertz CT molecular complexity index is 957. The van der Waals surface area contributed by atoms with E-state index >= 15 is 0 Å². The summed E-state index contributed by atoms with van der Waals surface area (Å²) in [5, 5.41) is 12.0. The quantitative estimate of drug-likeness (QED) is 0.654. The summed E-state index contributed by atoms with van der Waals surface area (Å²) in [4.78, 5) is 14.5. The number of nitriles is 1. The molecule has 1 fully saturated rings. The van der Waals surface area contributed by atoms with Crippen molar-refractivity contribution in [1.82, 2.24) is 5.32 Å². The summed E-state index contributed by atoms with van der Waals surface area (Å²) in [7, 11) is 0.